The van der Waals surface area contributed by atoms with Gasteiger partial charge in [-0.3, -0.25) is 5.10 Å². The molecule has 0 unspecified atom stereocenters. The average Bonchev–Trinajstić information content (AvgIpc) is 2.87. The third-order valence-corrected chi connectivity index (χ3v) is 3.13. The molecule has 2 rings (SSSR count). The predicted octanol–water partition coefficient (Wildman–Crippen LogP) is 3.52. The molecule has 2 aromatic rings. The summed E-state index contributed by atoms with van der Waals surface area (Å²) in [6.07, 6.45) is 2.88. The number of aromatic amines is 1. The van der Waals surface area contributed by atoms with E-state index in [9.17, 15) is 8.78 Å². The molecule has 0 aliphatic heterocycles. The number of H-pyrrole nitrogens is 1. The van der Waals surface area contributed by atoms with E-state index in [0.717, 1.165) is 36.3 Å². The van der Waals surface area contributed by atoms with Gasteiger partial charge in [0.2, 0.25) is 0 Å². The van der Waals surface area contributed by atoms with Crippen LogP contribution >= 0.6 is 0 Å². The van der Waals surface area contributed by atoms with Crippen molar-refractivity contribution in [2.75, 3.05) is 13.6 Å². The minimum absolute atomic E-state index is 0.151. The Hall–Kier alpha value is -1.95. The van der Waals surface area contributed by atoms with Gasteiger partial charge in [-0.25, -0.2) is 0 Å². The van der Waals surface area contributed by atoms with Crippen molar-refractivity contribution in [2.24, 2.45) is 0 Å². The molecule has 0 fully saturated rings. The molecule has 0 aliphatic rings. The van der Waals surface area contributed by atoms with E-state index >= 15 is 0 Å². The van der Waals surface area contributed by atoms with Crippen molar-refractivity contribution in [2.45, 2.75) is 26.5 Å². The number of hydrogen-bond donors (Lipinski definition) is 1. The first-order chi connectivity index (χ1) is 10.1. The van der Waals surface area contributed by atoms with Gasteiger partial charge < -0.3 is 9.64 Å². The second kappa shape index (κ2) is 7.17. The predicted molar refractivity (Wildman–Crippen MR) is 77.3 cm³/mol. The zero-order chi connectivity index (χ0) is 15.2. The number of ether oxygens (including phenoxy) is 1. The third-order valence-electron chi connectivity index (χ3n) is 3.13. The summed E-state index contributed by atoms with van der Waals surface area (Å²) in [4.78, 5) is 2.21. The number of hydrogen-bond acceptors (Lipinski definition) is 3. The molecule has 0 aliphatic carbocycles. The molecule has 1 aromatic heterocycles. The van der Waals surface area contributed by atoms with Crippen LogP contribution in [0.2, 0.25) is 0 Å². The Morgan fingerprint density at radius 1 is 1.29 bits per heavy atom. The maximum absolute atomic E-state index is 12.1. The number of nitrogens with one attached hydrogen (secondary N) is 1. The van der Waals surface area contributed by atoms with Crippen LogP contribution in [-0.2, 0) is 6.54 Å². The van der Waals surface area contributed by atoms with Gasteiger partial charge in [0.25, 0.3) is 0 Å². The SMILES string of the molecule is CCCN(C)Cc1cn[nH]c1-c1ccc(OC(F)F)cc1. The number of nitrogens with zero attached hydrogens (tertiary/aromatic N) is 2. The molecule has 0 bridgehead atoms. The summed E-state index contributed by atoms with van der Waals surface area (Å²) in [5.74, 6) is 0.151. The van der Waals surface area contributed by atoms with E-state index in [1.54, 1.807) is 18.3 Å². The van der Waals surface area contributed by atoms with Crippen molar-refractivity contribution in [3.8, 4) is 17.0 Å². The van der Waals surface area contributed by atoms with Crippen molar-refractivity contribution in [1.82, 2.24) is 15.1 Å². The van der Waals surface area contributed by atoms with Crippen LogP contribution in [-0.4, -0.2) is 35.3 Å². The van der Waals surface area contributed by atoms with Gasteiger partial charge in [0.15, 0.2) is 0 Å². The van der Waals surface area contributed by atoms with E-state index in [-0.39, 0.29) is 5.75 Å². The van der Waals surface area contributed by atoms with Crippen LogP contribution in [0.25, 0.3) is 11.3 Å². The number of aromatic nitrogens is 2. The standard InChI is InChI=1S/C15H19F2N3O/c1-3-8-20(2)10-12-9-18-19-14(12)11-4-6-13(7-5-11)21-15(16)17/h4-7,9,15H,3,8,10H2,1-2H3,(H,18,19). The summed E-state index contributed by atoms with van der Waals surface area (Å²) >= 11 is 0. The number of halogens is 2. The van der Waals surface area contributed by atoms with Crippen LogP contribution in [0.1, 0.15) is 18.9 Å². The van der Waals surface area contributed by atoms with Crippen LogP contribution in [0.4, 0.5) is 8.78 Å². The van der Waals surface area contributed by atoms with Crippen LogP contribution in [0.5, 0.6) is 5.75 Å². The molecule has 0 saturated heterocycles. The molecule has 0 saturated carbocycles. The van der Waals surface area contributed by atoms with E-state index in [1.165, 1.54) is 12.1 Å². The summed E-state index contributed by atoms with van der Waals surface area (Å²) < 4.78 is 28.6. The van der Waals surface area contributed by atoms with Crippen molar-refractivity contribution in [1.29, 1.82) is 0 Å². The van der Waals surface area contributed by atoms with Crippen molar-refractivity contribution >= 4 is 0 Å². The highest BCUT2D eigenvalue weighted by Gasteiger charge is 2.10. The molecule has 1 heterocycles. The quantitative estimate of drug-likeness (QED) is 0.849. The summed E-state index contributed by atoms with van der Waals surface area (Å²) in [5.41, 5.74) is 2.88. The lowest BCUT2D eigenvalue weighted by atomic mass is 10.1. The molecule has 6 heteroatoms. The van der Waals surface area contributed by atoms with Gasteiger partial charge in [-0.2, -0.15) is 13.9 Å². The molecule has 114 valence electrons. The Bertz CT molecular complexity index is 554. The van der Waals surface area contributed by atoms with Crippen LogP contribution in [0.3, 0.4) is 0 Å². The first kappa shape index (κ1) is 15.4. The largest absolute Gasteiger partial charge is 0.435 e. The lowest BCUT2D eigenvalue weighted by molar-refractivity contribution is -0.0498. The average molecular weight is 295 g/mol. The number of alkyl halides is 2. The second-order valence-electron chi connectivity index (χ2n) is 4.91. The molecule has 0 spiro atoms. The Labute approximate surface area is 122 Å². The fraction of sp³-hybridized carbons (Fsp3) is 0.400. The normalized spacial score (nSPS) is 11.3. The van der Waals surface area contributed by atoms with Crippen molar-refractivity contribution in [3.05, 3.63) is 36.0 Å². The highest BCUT2D eigenvalue weighted by atomic mass is 19.3. The van der Waals surface area contributed by atoms with Gasteiger partial charge in [-0.05, 0) is 44.3 Å². The van der Waals surface area contributed by atoms with Gasteiger partial charge >= 0.3 is 6.61 Å². The third kappa shape index (κ3) is 4.26. The topological polar surface area (TPSA) is 41.2 Å². The summed E-state index contributed by atoms with van der Waals surface area (Å²) in [7, 11) is 2.06. The van der Waals surface area contributed by atoms with Crippen LogP contribution < -0.4 is 4.74 Å². The Balaban J connectivity index is 2.13. The van der Waals surface area contributed by atoms with Gasteiger partial charge in [-0.1, -0.05) is 6.92 Å². The maximum Gasteiger partial charge on any atom is 0.387 e. The molecule has 21 heavy (non-hydrogen) atoms. The smallest absolute Gasteiger partial charge is 0.387 e. The monoisotopic (exact) mass is 295 g/mol. The molecule has 0 atom stereocenters. The lowest BCUT2D eigenvalue weighted by Crippen LogP contribution is -2.18. The molecule has 0 amide bonds. The first-order valence-electron chi connectivity index (χ1n) is 6.86. The molecular weight excluding hydrogens is 276 g/mol. The van der Waals surface area contributed by atoms with Gasteiger partial charge in [-0.15, -0.1) is 0 Å². The number of rotatable bonds is 7. The lowest BCUT2D eigenvalue weighted by Gasteiger charge is -2.15. The Morgan fingerprint density at radius 3 is 2.62 bits per heavy atom. The zero-order valence-corrected chi connectivity index (χ0v) is 12.1. The minimum atomic E-state index is -2.80. The van der Waals surface area contributed by atoms with Crippen molar-refractivity contribution in [3.63, 3.8) is 0 Å². The first-order valence-corrected chi connectivity index (χ1v) is 6.86. The van der Waals surface area contributed by atoms with Gasteiger partial charge in [0, 0.05) is 17.7 Å². The van der Waals surface area contributed by atoms with Crippen LogP contribution in [0, 0.1) is 0 Å². The Kier molecular flexibility index (Phi) is 5.27. The van der Waals surface area contributed by atoms with Crippen molar-refractivity contribution < 1.29 is 13.5 Å². The molecular formula is C15H19F2N3O. The fourth-order valence-electron chi connectivity index (χ4n) is 2.24. The minimum Gasteiger partial charge on any atom is -0.435 e. The van der Waals surface area contributed by atoms with Crippen LogP contribution in [0.15, 0.2) is 30.5 Å². The molecule has 0 radical (unpaired) electrons. The molecule has 1 N–H and O–H groups in total. The van der Waals surface area contributed by atoms with E-state index < -0.39 is 6.61 Å². The van der Waals surface area contributed by atoms with E-state index in [4.69, 9.17) is 0 Å². The Morgan fingerprint density at radius 2 is 2.00 bits per heavy atom. The van der Waals surface area contributed by atoms with E-state index in [0.29, 0.717) is 0 Å². The molecule has 4 nitrogen and oxygen atoms in total. The summed E-state index contributed by atoms with van der Waals surface area (Å²) in [6, 6.07) is 6.55. The van der Waals surface area contributed by atoms with Gasteiger partial charge in [0.1, 0.15) is 5.75 Å². The maximum atomic E-state index is 12.1. The summed E-state index contributed by atoms with van der Waals surface area (Å²) in [5, 5.41) is 7.04. The second-order valence-corrected chi connectivity index (χ2v) is 4.91. The highest BCUT2D eigenvalue weighted by Crippen LogP contribution is 2.25. The number of benzene rings is 1. The van der Waals surface area contributed by atoms with E-state index in [1.807, 2.05) is 0 Å². The summed E-state index contributed by atoms with van der Waals surface area (Å²) in [6.45, 7) is 1.12. The molecule has 1 aromatic carbocycles. The zero-order valence-electron chi connectivity index (χ0n) is 12.1. The fourth-order valence-corrected chi connectivity index (χ4v) is 2.24. The van der Waals surface area contributed by atoms with E-state index in [2.05, 4.69) is 33.8 Å². The highest BCUT2D eigenvalue weighted by molar-refractivity contribution is 5.63. The van der Waals surface area contributed by atoms with Gasteiger partial charge in [0.05, 0.1) is 11.9 Å².